The van der Waals surface area contributed by atoms with E-state index in [-0.39, 0.29) is 5.78 Å². The summed E-state index contributed by atoms with van der Waals surface area (Å²) in [6, 6.07) is 13.7. The molecule has 0 saturated heterocycles. The van der Waals surface area contributed by atoms with E-state index in [9.17, 15) is 4.79 Å². The first-order valence-corrected chi connectivity index (χ1v) is 5.78. The molecule has 2 aromatic rings. The maximum absolute atomic E-state index is 12.5. The molecule has 0 aliphatic carbocycles. The van der Waals surface area contributed by atoms with Gasteiger partial charge in [-0.25, -0.2) is 0 Å². The van der Waals surface area contributed by atoms with Gasteiger partial charge in [-0.1, -0.05) is 42.5 Å². The second-order valence-corrected chi connectivity index (χ2v) is 4.41. The molecular weight excluding hydrogens is 208 g/mol. The highest BCUT2D eigenvalue weighted by molar-refractivity contribution is 6.11. The third-order valence-electron chi connectivity index (χ3n) is 3.10. The van der Waals surface area contributed by atoms with Crippen LogP contribution in [0, 0.1) is 20.8 Å². The van der Waals surface area contributed by atoms with Crippen LogP contribution in [-0.2, 0) is 0 Å². The van der Waals surface area contributed by atoms with Gasteiger partial charge in [-0.05, 0) is 37.5 Å². The maximum Gasteiger partial charge on any atom is 0.193 e. The molecule has 0 heterocycles. The van der Waals surface area contributed by atoms with Crippen LogP contribution in [0.2, 0.25) is 0 Å². The van der Waals surface area contributed by atoms with E-state index >= 15 is 0 Å². The van der Waals surface area contributed by atoms with Crippen molar-refractivity contribution in [2.45, 2.75) is 20.8 Å². The number of rotatable bonds is 2. The minimum absolute atomic E-state index is 0.124. The van der Waals surface area contributed by atoms with E-state index in [0.717, 1.165) is 27.8 Å². The Morgan fingerprint density at radius 2 is 1.29 bits per heavy atom. The summed E-state index contributed by atoms with van der Waals surface area (Å²) in [6.07, 6.45) is 0. The van der Waals surface area contributed by atoms with E-state index in [4.69, 9.17) is 0 Å². The zero-order valence-electron chi connectivity index (χ0n) is 10.4. The Bertz CT molecular complexity index is 547. The SMILES string of the molecule is Cc1ccccc1C(=O)c1c(C)cccc1C. The molecule has 0 saturated carbocycles. The number of hydrogen-bond acceptors (Lipinski definition) is 1. The summed E-state index contributed by atoms with van der Waals surface area (Å²) in [5.41, 5.74) is 4.74. The molecule has 1 heteroatoms. The summed E-state index contributed by atoms with van der Waals surface area (Å²) >= 11 is 0. The van der Waals surface area contributed by atoms with E-state index in [1.807, 2.05) is 63.2 Å². The summed E-state index contributed by atoms with van der Waals surface area (Å²) < 4.78 is 0. The normalized spacial score (nSPS) is 10.3. The molecule has 0 N–H and O–H groups in total. The van der Waals surface area contributed by atoms with Crippen LogP contribution in [0.25, 0.3) is 0 Å². The molecule has 0 aliphatic heterocycles. The average Bonchev–Trinajstić information content (AvgIpc) is 2.29. The van der Waals surface area contributed by atoms with Crippen molar-refractivity contribution >= 4 is 5.78 Å². The number of hydrogen-bond donors (Lipinski definition) is 0. The molecule has 0 fully saturated rings. The van der Waals surface area contributed by atoms with Crippen LogP contribution >= 0.6 is 0 Å². The van der Waals surface area contributed by atoms with Crippen LogP contribution in [0.1, 0.15) is 32.6 Å². The number of carbonyl (C=O) groups excluding carboxylic acids is 1. The molecule has 0 atom stereocenters. The Kier molecular flexibility index (Phi) is 3.10. The average molecular weight is 224 g/mol. The Labute approximate surface area is 102 Å². The van der Waals surface area contributed by atoms with Crippen molar-refractivity contribution in [1.29, 1.82) is 0 Å². The quantitative estimate of drug-likeness (QED) is 0.708. The van der Waals surface area contributed by atoms with Crippen molar-refractivity contribution in [2.24, 2.45) is 0 Å². The van der Waals surface area contributed by atoms with Crippen molar-refractivity contribution in [3.05, 3.63) is 70.3 Å². The number of carbonyl (C=O) groups is 1. The minimum Gasteiger partial charge on any atom is -0.289 e. The third kappa shape index (κ3) is 2.14. The fraction of sp³-hybridized carbons (Fsp3) is 0.188. The van der Waals surface area contributed by atoms with E-state index in [1.165, 1.54) is 0 Å². The monoisotopic (exact) mass is 224 g/mol. The topological polar surface area (TPSA) is 17.1 Å². The summed E-state index contributed by atoms with van der Waals surface area (Å²) in [7, 11) is 0. The van der Waals surface area contributed by atoms with Crippen LogP contribution in [-0.4, -0.2) is 5.78 Å². The Balaban J connectivity index is 2.56. The Hall–Kier alpha value is -1.89. The van der Waals surface area contributed by atoms with Crippen molar-refractivity contribution in [1.82, 2.24) is 0 Å². The van der Waals surface area contributed by atoms with Gasteiger partial charge >= 0.3 is 0 Å². The standard InChI is InChI=1S/C16H16O/c1-11-7-4-5-10-14(11)16(17)15-12(2)8-6-9-13(15)3/h4-10H,1-3H3. The van der Waals surface area contributed by atoms with Gasteiger partial charge in [-0.3, -0.25) is 4.79 Å². The molecule has 2 aromatic carbocycles. The fourth-order valence-corrected chi connectivity index (χ4v) is 2.13. The molecule has 0 aromatic heterocycles. The highest BCUT2D eigenvalue weighted by Gasteiger charge is 2.15. The first-order valence-electron chi connectivity index (χ1n) is 5.78. The second kappa shape index (κ2) is 4.54. The molecule has 0 unspecified atom stereocenters. The Morgan fingerprint density at radius 1 is 0.765 bits per heavy atom. The molecule has 17 heavy (non-hydrogen) atoms. The molecule has 0 bridgehead atoms. The zero-order chi connectivity index (χ0) is 12.4. The zero-order valence-corrected chi connectivity index (χ0v) is 10.4. The van der Waals surface area contributed by atoms with Gasteiger partial charge in [0.1, 0.15) is 0 Å². The number of benzene rings is 2. The lowest BCUT2D eigenvalue weighted by Crippen LogP contribution is -2.07. The predicted molar refractivity (Wildman–Crippen MR) is 70.5 cm³/mol. The molecule has 1 nitrogen and oxygen atoms in total. The van der Waals surface area contributed by atoms with E-state index in [1.54, 1.807) is 0 Å². The van der Waals surface area contributed by atoms with Gasteiger partial charge in [0.25, 0.3) is 0 Å². The summed E-state index contributed by atoms with van der Waals surface area (Å²) in [5, 5.41) is 0. The van der Waals surface area contributed by atoms with Crippen LogP contribution in [0.15, 0.2) is 42.5 Å². The van der Waals surface area contributed by atoms with Gasteiger partial charge in [0.2, 0.25) is 0 Å². The minimum atomic E-state index is 0.124. The van der Waals surface area contributed by atoms with Crippen molar-refractivity contribution in [3.63, 3.8) is 0 Å². The van der Waals surface area contributed by atoms with Gasteiger partial charge in [-0.2, -0.15) is 0 Å². The van der Waals surface area contributed by atoms with E-state index in [2.05, 4.69) is 0 Å². The highest BCUT2D eigenvalue weighted by atomic mass is 16.1. The van der Waals surface area contributed by atoms with E-state index < -0.39 is 0 Å². The molecule has 2 rings (SSSR count). The van der Waals surface area contributed by atoms with Crippen LogP contribution < -0.4 is 0 Å². The second-order valence-electron chi connectivity index (χ2n) is 4.41. The first kappa shape index (κ1) is 11.6. The van der Waals surface area contributed by atoms with Crippen molar-refractivity contribution in [2.75, 3.05) is 0 Å². The number of aryl methyl sites for hydroxylation is 3. The van der Waals surface area contributed by atoms with E-state index in [0.29, 0.717) is 0 Å². The summed E-state index contributed by atoms with van der Waals surface area (Å²) in [4.78, 5) is 12.5. The first-order chi connectivity index (χ1) is 8.11. The molecule has 0 radical (unpaired) electrons. The molecule has 0 spiro atoms. The largest absolute Gasteiger partial charge is 0.289 e. The van der Waals surface area contributed by atoms with Crippen LogP contribution in [0.4, 0.5) is 0 Å². The maximum atomic E-state index is 12.5. The summed E-state index contributed by atoms with van der Waals surface area (Å²) in [5.74, 6) is 0.124. The van der Waals surface area contributed by atoms with Crippen molar-refractivity contribution < 1.29 is 4.79 Å². The molecule has 86 valence electrons. The van der Waals surface area contributed by atoms with Gasteiger partial charge in [-0.15, -0.1) is 0 Å². The lowest BCUT2D eigenvalue weighted by atomic mass is 9.93. The smallest absolute Gasteiger partial charge is 0.193 e. The van der Waals surface area contributed by atoms with Crippen LogP contribution in [0.3, 0.4) is 0 Å². The third-order valence-corrected chi connectivity index (χ3v) is 3.10. The van der Waals surface area contributed by atoms with Crippen molar-refractivity contribution in [3.8, 4) is 0 Å². The fourth-order valence-electron chi connectivity index (χ4n) is 2.13. The van der Waals surface area contributed by atoms with Gasteiger partial charge < -0.3 is 0 Å². The van der Waals surface area contributed by atoms with Crippen LogP contribution in [0.5, 0.6) is 0 Å². The predicted octanol–water partition coefficient (Wildman–Crippen LogP) is 3.84. The molecule has 0 amide bonds. The lowest BCUT2D eigenvalue weighted by molar-refractivity contribution is 0.103. The number of ketones is 1. The lowest BCUT2D eigenvalue weighted by Gasteiger charge is -2.10. The Morgan fingerprint density at radius 3 is 1.88 bits per heavy atom. The van der Waals surface area contributed by atoms with Gasteiger partial charge in [0, 0.05) is 11.1 Å². The summed E-state index contributed by atoms with van der Waals surface area (Å²) in [6.45, 7) is 5.94. The highest BCUT2D eigenvalue weighted by Crippen LogP contribution is 2.19. The van der Waals surface area contributed by atoms with Gasteiger partial charge in [0.05, 0.1) is 0 Å². The molecule has 0 aliphatic rings. The van der Waals surface area contributed by atoms with Gasteiger partial charge in [0.15, 0.2) is 5.78 Å². The molecular formula is C16H16O.